The first kappa shape index (κ1) is 17.7. The van der Waals surface area contributed by atoms with Crippen molar-refractivity contribution in [3.63, 3.8) is 0 Å². The third kappa shape index (κ3) is 2.77. The maximum absolute atomic E-state index is 13.2. The molecule has 0 bridgehead atoms. The number of thiophene rings is 1. The van der Waals surface area contributed by atoms with Crippen LogP contribution in [-0.2, 0) is 13.0 Å². The molecule has 2 aromatic rings. The predicted molar refractivity (Wildman–Crippen MR) is 104 cm³/mol. The van der Waals surface area contributed by atoms with Crippen LogP contribution in [0.25, 0.3) is 10.2 Å². The zero-order valence-electron chi connectivity index (χ0n) is 15.7. The number of nitrogens with one attached hydrogen (secondary N) is 1. The second-order valence-corrected chi connectivity index (χ2v) is 8.51. The number of carbonyl (C=O) groups is 1. The fourth-order valence-corrected chi connectivity index (χ4v) is 5.23. The summed E-state index contributed by atoms with van der Waals surface area (Å²) in [6.45, 7) is 8.31. The highest BCUT2D eigenvalue weighted by molar-refractivity contribution is 7.20. The minimum absolute atomic E-state index is 0.0291. The number of rotatable bonds is 1. The maximum Gasteiger partial charge on any atom is 0.264 e. The highest BCUT2D eigenvalue weighted by atomic mass is 32.1. The summed E-state index contributed by atoms with van der Waals surface area (Å²) in [6.07, 6.45) is 4.07. The van der Waals surface area contributed by atoms with Crippen molar-refractivity contribution in [2.24, 2.45) is 0 Å². The Balaban J connectivity index is 1.80. The minimum atomic E-state index is 0.0291. The van der Waals surface area contributed by atoms with Crippen LogP contribution in [0.2, 0.25) is 0 Å². The van der Waals surface area contributed by atoms with Gasteiger partial charge in [0.2, 0.25) is 0 Å². The van der Waals surface area contributed by atoms with Gasteiger partial charge in [0.1, 0.15) is 10.7 Å². The van der Waals surface area contributed by atoms with Gasteiger partial charge in [-0.25, -0.2) is 4.98 Å². The average Bonchev–Trinajstić information content (AvgIpc) is 2.80. The van der Waals surface area contributed by atoms with Gasteiger partial charge in [0.05, 0.1) is 10.3 Å². The summed E-state index contributed by atoms with van der Waals surface area (Å²) in [5.74, 6) is 0.912. The van der Waals surface area contributed by atoms with Crippen molar-refractivity contribution in [2.75, 3.05) is 13.1 Å². The van der Waals surface area contributed by atoms with Crippen molar-refractivity contribution in [1.29, 1.82) is 0 Å². The molecule has 1 fully saturated rings. The van der Waals surface area contributed by atoms with Crippen LogP contribution < -0.4 is 10.9 Å². The predicted octanol–water partition coefficient (Wildman–Crippen LogP) is 2.32. The Morgan fingerprint density at radius 1 is 1.23 bits per heavy atom. The molecule has 2 atom stereocenters. The Bertz CT molecular complexity index is 916. The number of carbonyl (C=O) groups excluding carboxylic acids is 1. The average molecular weight is 375 g/mol. The van der Waals surface area contributed by atoms with Gasteiger partial charge in [0, 0.05) is 38.1 Å². The number of aromatic nitrogens is 2. The van der Waals surface area contributed by atoms with Gasteiger partial charge in [-0.05, 0) is 39.2 Å². The number of hydrogen-bond donors (Lipinski definition) is 1. The molecule has 1 saturated heterocycles. The Labute approximate surface area is 157 Å². The molecule has 0 saturated carbocycles. The van der Waals surface area contributed by atoms with E-state index >= 15 is 0 Å². The van der Waals surface area contributed by atoms with E-state index in [1.54, 1.807) is 0 Å². The van der Waals surface area contributed by atoms with Crippen LogP contribution in [0.5, 0.6) is 0 Å². The molecular weight excluding hydrogens is 348 g/mol. The molecular formula is C19H26N4O2S. The van der Waals surface area contributed by atoms with Crippen LogP contribution >= 0.6 is 11.3 Å². The van der Waals surface area contributed by atoms with E-state index in [0.717, 1.165) is 55.0 Å². The van der Waals surface area contributed by atoms with Gasteiger partial charge in [0.15, 0.2) is 0 Å². The molecule has 2 aromatic heterocycles. The first-order valence-electron chi connectivity index (χ1n) is 9.56. The summed E-state index contributed by atoms with van der Waals surface area (Å²) in [6, 6.07) is 0.397. The SMILES string of the molecule is Cc1c(C(=O)N2CCNC(C)C2C)sc2nc3n(c(=O)c12)CCCCC3. The van der Waals surface area contributed by atoms with E-state index in [4.69, 9.17) is 4.98 Å². The molecule has 0 aliphatic carbocycles. The molecule has 2 aliphatic heterocycles. The van der Waals surface area contributed by atoms with Gasteiger partial charge in [-0.2, -0.15) is 0 Å². The lowest BCUT2D eigenvalue weighted by atomic mass is 10.1. The summed E-state index contributed by atoms with van der Waals surface area (Å²) in [5.41, 5.74) is 0.826. The first-order chi connectivity index (χ1) is 12.5. The van der Waals surface area contributed by atoms with Gasteiger partial charge in [-0.1, -0.05) is 6.42 Å². The van der Waals surface area contributed by atoms with Crippen molar-refractivity contribution in [3.05, 3.63) is 26.6 Å². The molecule has 1 amide bonds. The molecule has 4 heterocycles. The fraction of sp³-hybridized carbons (Fsp3) is 0.632. The molecule has 2 aliphatic rings. The lowest BCUT2D eigenvalue weighted by molar-refractivity contribution is 0.0607. The number of aryl methyl sites for hydroxylation is 2. The molecule has 7 heteroatoms. The van der Waals surface area contributed by atoms with Gasteiger partial charge in [-0.15, -0.1) is 11.3 Å². The van der Waals surface area contributed by atoms with Gasteiger partial charge < -0.3 is 10.2 Å². The van der Waals surface area contributed by atoms with Crippen molar-refractivity contribution in [1.82, 2.24) is 19.8 Å². The molecule has 26 heavy (non-hydrogen) atoms. The zero-order valence-corrected chi connectivity index (χ0v) is 16.5. The van der Waals surface area contributed by atoms with Crippen LogP contribution in [0.15, 0.2) is 4.79 Å². The summed E-state index contributed by atoms with van der Waals surface area (Å²) in [4.78, 5) is 34.4. The largest absolute Gasteiger partial charge is 0.332 e. The fourth-order valence-electron chi connectivity index (χ4n) is 4.09. The van der Waals surface area contributed by atoms with E-state index in [0.29, 0.717) is 16.8 Å². The zero-order chi connectivity index (χ0) is 18.4. The topological polar surface area (TPSA) is 67.2 Å². The van der Waals surface area contributed by atoms with Crippen LogP contribution in [0, 0.1) is 6.92 Å². The molecule has 140 valence electrons. The maximum atomic E-state index is 13.2. The number of amides is 1. The van der Waals surface area contributed by atoms with Crippen LogP contribution in [0.4, 0.5) is 0 Å². The second kappa shape index (κ2) is 6.78. The van der Waals surface area contributed by atoms with Crippen molar-refractivity contribution >= 4 is 27.5 Å². The Morgan fingerprint density at radius 2 is 2.04 bits per heavy atom. The van der Waals surface area contributed by atoms with E-state index in [1.807, 2.05) is 16.4 Å². The standard InChI is InChI=1S/C19H26N4O2S/c1-11-15-17(21-14-7-5-4-6-9-23(14)18(15)24)26-16(11)19(25)22-10-8-20-12(2)13(22)3/h12-13,20H,4-10H2,1-3H3. The van der Waals surface area contributed by atoms with E-state index in [1.165, 1.54) is 11.3 Å². The lowest BCUT2D eigenvalue weighted by Crippen LogP contribution is -2.57. The smallest absolute Gasteiger partial charge is 0.264 e. The molecule has 1 N–H and O–H groups in total. The Hall–Kier alpha value is -1.73. The summed E-state index contributed by atoms with van der Waals surface area (Å²) >= 11 is 1.39. The number of fused-ring (bicyclic) bond motifs is 2. The third-order valence-corrected chi connectivity index (χ3v) is 7.07. The van der Waals surface area contributed by atoms with Crippen LogP contribution in [0.1, 0.15) is 54.2 Å². The summed E-state index contributed by atoms with van der Waals surface area (Å²) in [7, 11) is 0. The monoisotopic (exact) mass is 374 g/mol. The van der Waals surface area contributed by atoms with Crippen LogP contribution in [0.3, 0.4) is 0 Å². The van der Waals surface area contributed by atoms with Crippen LogP contribution in [-0.4, -0.2) is 45.5 Å². The van der Waals surface area contributed by atoms with Crippen molar-refractivity contribution in [3.8, 4) is 0 Å². The van der Waals surface area contributed by atoms with E-state index in [-0.39, 0.29) is 23.6 Å². The molecule has 0 radical (unpaired) electrons. The number of nitrogens with zero attached hydrogens (tertiary/aromatic N) is 3. The normalized spacial score (nSPS) is 23.7. The van der Waals surface area contributed by atoms with E-state index in [9.17, 15) is 9.59 Å². The van der Waals surface area contributed by atoms with E-state index < -0.39 is 0 Å². The van der Waals surface area contributed by atoms with Gasteiger partial charge in [0.25, 0.3) is 11.5 Å². The molecule has 0 spiro atoms. The second-order valence-electron chi connectivity index (χ2n) is 7.51. The Morgan fingerprint density at radius 3 is 2.85 bits per heavy atom. The Kier molecular flexibility index (Phi) is 4.61. The molecule has 6 nitrogen and oxygen atoms in total. The van der Waals surface area contributed by atoms with Gasteiger partial charge in [-0.3, -0.25) is 14.2 Å². The quantitative estimate of drug-likeness (QED) is 0.832. The number of hydrogen-bond acceptors (Lipinski definition) is 5. The molecule has 2 unspecified atom stereocenters. The highest BCUT2D eigenvalue weighted by Gasteiger charge is 2.31. The van der Waals surface area contributed by atoms with Gasteiger partial charge >= 0.3 is 0 Å². The first-order valence-corrected chi connectivity index (χ1v) is 10.4. The lowest BCUT2D eigenvalue weighted by Gasteiger charge is -2.38. The number of piperazine rings is 1. The molecule has 4 rings (SSSR count). The summed E-state index contributed by atoms with van der Waals surface area (Å²) in [5, 5.41) is 4.04. The molecule has 0 aromatic carbocycles. The minimum Gasteiger partial charge on any atom is -0.332 e. The highest BCUT2D eigenvalue weighted by Crippen LogP contribution is 2.30. The van der Waals surface area contributed by atoms with Crippen molar-refractivity contribution in [2.45, 2.75) is 65.1 Å². The summed E-state index contributed by atoms with van der Waals surface area (Å²) < 4.78 is 1.83. The third-order valence-electron chi connectivity index (χ3n) is 5.90. The van der Waals surface area contributed by atoms with Crippen molar-refractivity contribution < 1.29 is 4.79 Å². The van der Waals surface area contributed by atoms with E-state index in [2.05, 4.69) is 19.2 Å².